The van der Waals surface area contributed by atoms with Crippen molar-refractivity contribution in [2.45, 2.75) is 39.5 Å². The number of hydrogen-bond donors (Lipinski definition) is 0. The molecule has 0 unspecified atom stereocenters. The third-order valence-electron chi connectivity index (χ3n) is 3.82. The third-order valence-corrected chi connectivity index (χ3v) is 3.82. The Morgan fingerprint density at radius 2 is 2.05 bits per heavy atom. The number of benzene rings is 1. The molecular weight excluding hydrogens is 270 g/mol. The summed E-state index contributed by atoms with van der Waals surface area (Å²) >= 11 is 0. The summed E-state index contributed by atoms with van der Waals surface area (Å²) in [6, 6.07) is 7.08. The smallest absolute Gasteiger partial charge is 0.411 e. The van der Waals surface area contributed by atoms with E-state index >= 15 is 0 Å². The number of nitrogens with zero attached hydrogens (tertiary/aromatic N) is 1. The van der Waals surface area contributed by atoms with Gasteiger partial charge in [0.1, 0.15) is 6.10 Å². The third kappa shape index (κ3) is 3.01. The van der Waals surface area contributed by atoms with Gasteiger partial charge in [-0.25, -0.2) is 9.59 Å². The number of esters is 1. The van der Waals surface area contributed by atoms with Crippen LogP contribution in [0.15, 0.2) is 24.3 Å². The molecule has 0 aliphatic carbocycles. The van der Waals surface area contributed by atoms with Gasteiger partial charge in [0.15, 0.2) is 6.04 Å². The Morgan fingerprint density at radius 3 is 2.62 bits per heavy atom. The highest BCUT2D eigenvalue weighted by Gasteiger charge is 2.48. The molecule has 5 nitrogen and oxygen atoms in total. The number of rotatable bonds is 4. The predicted molar refractivity (Wildman–Crippen MR) is 77.6 cm³/mol. The van der Waals surface area contributed by atoms with E-state index in [9.17, 15) is 9.59 Å². The molecule has 5 heteroatoms. The number of carbonyl (C=O) groups is 2. The van der Waals surface area contributed by atoms with Crippen molar-refractivity contribution in [2.75, 3.05) is 7.11 Å². The number of hydrogen-bond acceptors (Lipinski definition) is 4. The fourth-order valence-electron chi connectivity index (χ4n) is 2.56. The molecule has 1 amide bonds. The second kappa shape index (κ2) is 6.16. The normalized spacial score (nSPS) is 21.6. The molecule has 0 bridgehead atoms. The Kier molecular flexibility index (Phi) is 4.50. The van der Waals surface area contributed by atoms with E-state index in [-0.39, 0.29) is 5.92 Å². The Morgan fingerprint density at radius 1 is 1.38 bits per heavy atom. The van der Waals surface area contributed by atoms with Crippen LogP contribution in [-0.2, 0) is 20.8 Å². The van der Waals surface area contributed by atoms with Crippen molar-refractivity contribution in [3.8, 4) is 0 Å². The van der Waals surface area contributed by atoms with Crippen molar-refractivity contribution in [2.24, 2.45) is 5.92 Å². The molecule has 1 heterocycles. The van der Waals surface area contributed by atoms with Gasteiger partial charge in [0.05, 0.1) is 13.7 Å². The lowest BCUT2D eigenvalue weighted by atomic mass is 9.99. The molecule has 2 rings (SSSR count). The molecule has 0 radical (unpaired) electrons. The molecule has 1 aromatic rings. The molecular formula is C16H21NO4. The highest BCUT2D eigenvalue weighted by molar-refractivity contribution is 5.85. The molecule has 1 aliphatic rings. The van der Waals surface area contributed by atoms with Gasteiger partial charge in [0, 0.05) is 0 Å². The van der Waals surface area contributed by atoms with Gasteiger partial charge in [0.2, 0.25) is 0 Å². The summed E-state index contributed by atoms with van der Waals surface area (Å²) in [5.74, 6) is -0.395. The van der Waals surface area contributed by atoms with Crippen LogP contribution < -0.4 is 0 Å². The lowest BCUT2D eigenvalue weighted by molar-refractivity contribution is -0.147. The van der Waals surface area contributed by atoms with Gasteiger partial charge >= 0.3 is 12.1 Å². The van der Waals surface area contributed by atoms with Crippen LogP contribution in [0.3, 0.4) is 0 Å². The number of carbonyl (C=O) groups excluding carboxylic acids is 2. The van der Waals surface area contributed by atoms with Crippen LogP contribution in [0, 0.1) is 12.8 Å². The van der Waals surface area contributed by atoms with Crippen LogP contribution in [0.25, 0.3) is 0 Å². The van der Waals surface area contributed by atoms with Gasteiger partial charge in [-0.05, 0) is 24.0 Å². The van der Waals surface area contributed by atoms with Gasteiger partial charge in [0.25, 0.3) is 0 Å². The van der Waals surface area contributed by atoms with E-state index in [1.807, 2.05) is 45.0 Å². The van der Waals surface area contributed by atoms with Gasteiger partial charge in [-0.3, -0.25) is 4.90 Å². The summed E-state index contributed by atoms with van der Waals surface area (Å²) in [6.07, 6.45) is -0.943. The van der Waals surface area contributed by atoms with Crippen LogP contribution in [0.4, 0.5) is 4.79 Å². The zero-order valence-electron chi connectivity index (χ0n) is 12.8. The quantitative estimate of drug-likeness (QED) is 0.800. The highest BCUT2D eigenvalue weighted by atomic mass is 16.6. The van der Waals surface area contributed by atoms with E-state index < -0.39 is 24.2 Å². The van der Waals surface area contributed by atoms with Crippen molar-refractivity contribution in [3.05, 3.63) is 35.4 Å². The van der Waals surface area contributed by atoms with E-state index in [1.54, 1.807) is 0 Å². The van der Waals surface area contributed by atoms with E-state index in [0.717, 1.165) is 11.1 Å². The zero-order valence-corrected chi connectivity index (χ0v) is 12.8. The van der Waals surface area contributed by atoms with Crippen molar-refractivity contribution in [1.82, 2.24) is 4.90 Å². The molecule has 1 fully saturated rings. The minimum absolute atomic E-state index is 0.0416. The number of aryl methyl sites for hydroxylation is 1. The first-order chi connectivity index (χ1) is 9.95. The number of methoxy groups -OCH3 is 1. The van der Waals surface area contributed by atoms with Crippen LogP contribution in [0.1, 0.15) is 25.0 Å². The fourth-order valence-corrected chi connectivity index (χ4v) is 2.56. The van der Waals surface area contributed by atoms with Crippen LogP contribution in [-0.4, -0.2) is 36.2 Å². The van der Waals surface area contributed by atoms with Crippen LogP contribution in [0.5, 0.6) is 0 Å². The Labute approximate surface area is 124 Å². The summed E-state index contributed by atoms with van der Waals surface area (Å²) in [4.78, 5) is 25.7. The summed E-state index contributed by atoms with van der Waals surface area (Å²) in [5, 5.41) is 0. The van der Waals surface area contributed by atoms with Gasteiger partial charge in [-0.1, -0.05) is 38.1 Å². The second-order valence-electron chi connectivity index (χ2n) is 5.61. The predicted octanol–water partition coefficient (Wildman–Crippen LogP) is 2.51. The molecule has 0 saturated carbocycles. The molecule has 1 saturated heterocycles. The minimum Gasteiger partial charge on any atom is -0.467 e. The van der Waals surface area contributed by atoms with Crippen LogP contribution >= 0.6 is 0 Å². The van der Waals surface area contributed by atoms with Gasteiger partial charge in [-0.15, -0.1) is 0 Å². The Bertz CT molecular complexity index is 541. The standard InChI is InChI=1S/C16H21NO4/c1-10(2)14-13(15(18)20-4)17(16(19)21-14)9-12-8-6-5-7-11(12)3/h5-8,10,13-14H,9H2,1-4H3/t13-,14+/m1/s1. The summed E-state index contributed by atoms with van der Waals surface area (Å²) in [5.41, 5.74) is 2.06. The average Bonchev–Trinajstić information content (AvgIpc) is 2.78. The van der Waals surface area contributed by atoms with Crippen molar-refractivity contribution in [1.29, 1.82) is 0 Å². The minimum atomic E-state index is -0.692. The first-order valence-corrected chi connectivity index (χ1v) is 7.05. The summed E-state index contributed by atoms with van der Waals surface area (Å²) in [6.45, 7) is 6.16. The molecule has 0 aromatic heterocycles. The molecule has 0 N–H and O–H groups in total. The number of amides is 1. The molecule has 21 heavy (non-hydrogen) atoms. The maximum atomic E-state index is 12.1. The zero-order chi connectivity index (χ0) is 15.6. The Balaban J connectivity index is 2.29. The van der Waals surface area contributed by atoms with E-state index in [1.165, 1.54) is 12.0 Å². The van der Waals surface area contributed by atoms with Gasteiger partial charge < -0.3 is 9.47 Å². The maximum Gasteiger partial charge on any atom is 0.411 e. The van der Waals surface area contributed by atoms with E-state index in [2.05, 4.69) is 0 Å². The van der Waals surface area contributed by atoms with Crippen molar-refractivity contribution >= 4 is 12.1 Å². The molecule has 1 aliphatic heterocycles. The molecule has 1 aromatic carbocycles. The first-order valence-electron chi connectivity index (χ1n) is 7.05. The largest absolute Gasteiger partial charge is 0.467 e. The lowest BCUT2D eigenvalue weighted by Crippen LogP contribution is -2.45. The summed E-state index contributed by atoms with van der Waals surface area (Å²) in [7, 11) is 1.33. The first kappa shape index (κ1) is 15.4. The topological polar surface area (TPSA) is 55.8 Å². The Hall–Kier alpha value is -2.04. The van der Waals surface area contributed by atoms with Crippen molar-refractivity contribution < 1.29 is 19.1 Å². The molecule has 2 atom stereocenters. The van der Waals surface area contributed by atoms with Gasteiger partial charge in [-0.2, -0.15) is 0 Å². The number of cyclic esters (lactones) is 1. The number of ether oxygens (including phenoxy) is 2. The van der Waals surface area contributed by atoms with Crippen molar-refractivity contribution in [3.63, 3.8) is 0 Å². The monoisotopic (exact) mass is 291 g/mol. The lowest BCUT2D eigenvalue weighted by Gasteiger charge is -2.24. The molecule has 0 spiro atoms. The van der Waals surface area contributed by atoms with E-state index in [0.29, 0.717) is 6.54 Å². The fraction of sp³-hybridized carbons (Fsp3) is 0.500. The average molecular weight is 291 g/mol. The molecule has 114 valence electrons. The SMILES string of the molecule is COC(=O)[C@H]1[C@H](C(C)C)OC(=O)N1Cc1ccccc1C. The van der Waals surface area contributed by atoms with Crippen LogP contribution in [0.2, 0.25) is 0 Å². The summed E-state index contributed by atoms with van der Waals surface area (Å²) < 4.78 is 10.2. The maximum absolute atomic E-state index is 12.1. The highest BCUT2D eigenvalue weighted by Crippen LogP contribution is 2.28. The second-order valence-corrected chi connectivity index (χ2v) is 5.61. The van der Waals surface area contributed by atoms with E-state index in [4.69, 9.17) is 9.47 Å².